The van der Waals surface area contributed by atoms with E-state index in [-0.39, 0.29) is 18.6 Å². The predicted molar refractivity (Wildman–Crippen MR) is 84.5 cm³/mol. The number of aliphatic carboxylic acids is 1. The summed E-state index contributed by atoms with van der Waals surface area (Å²) >= 11 is 0. The van der Waals surface area contributed by atoms with Gasteiger partial charge in [-0.05, 0) is 43.4 Å². The monoisotopic (exact) mass is 321 g/mol. The fourth-order valence-electron chi connectivity index (χ4n) is 2.50. The SMILES string of the molecule is O=C(O)COc1ccc(CCNC(=O)CCC2CCCO2)cc1. The van der Waals surface area contributed by atoms with Crippen LogP contribution >= 0.6 is 0 Å². The van der Waals surface area contributed by atoms with E-state index < -0.39 is 5.97 Å². The number of carboxylic acid groups (broad SMARTS) is 1. The summed E-state index contributed by atoms with van der Waals surface area (Å²) < 4.78 is 10.6. The summed E-state index contributed by atoms with van der Waals surface area (Å²) in [7, 11) is 0. The molecule has 1 aliphatic rings. The minimum Gasteiger partial charge on any atom is -0.482 e. The standard InChI is InChI=1S/C17H23NO5/c19-16(8-7-14-2-1-11-22-14)18-10-9-13-3-5-15(6-4-13)23-12-17(20)21/h3-6,14H,1-2,7-12H2,(H,18,19)(H,20,21). The van der Waals surface area contributed by atoms with Crippen LogP contribution in [0.2, 0.25) is 0 Å². The van der Waals surface area contributed by atoms with Gasteiger partial charge in [0.1, 0.15) is 5.75 Å². The molecule has 6 nitrogen and oxygen atoms in total. The largest absolute Gasteiger partial charge is 0.482 e. The number of hydrogen-bond donors (Lipinski definition) is 2. The molecule has 1 heterocycles. The van der Waals surface area contributed by atoms with Gasteiger partial charge in [-0.1, -0.05) is 12.1 Å². The molecule has 1 amide bonds. The van der Waals surface area contributed by atoms with Crippen LogP contribution in [0.1, 0.15) is 31.2 Å². The van der Waals surface area contributed by atoms with Crippen molar-refractivity contribution in [2.75, 3.05) is 19.8 Å². The smallest absolute Gasteiger partial charge is 0.341 e. The Morgan fingerprint density at radius 2 is 2.09 bits per heavy atom. The molecule has 0 bridgehead atoms. The van der Waals surface area contributed by atoms with Crippen molar-refractivity contribution in [1.82, 2.24) is 5.32 Å². The van der Waals surface area contributed by atoms with Crippen molar-refractivity contribution in [2.45, 2.75) is 38.2 Å². The number of carboxylic acids is 1. The normalized spacial score (nSPS) is 17.0. The molecule has 23 heavy (non-hydrogen) atoms. The Hall–Kier alpha value is -2.08. The van der Waals surface area contributed by atoms with Crippen LogP contribution in [0.5, 0.6) is 5.75 Å². The van der Waals surface area contributed by atoms with Gasteiger partial charge in [-0.2, -0.15) is 0 Å². The topological polar surface area (TPSA) is 84.9 Å². The zero-order valence-electron chi connectivity index (χ0n) is 13.1. The molecule has 0 saturated carbocycles. The first-order chi connectivity index (χ1) is 11.1. The van der Waals surface area contributed by atoms with Gasteiger partial charge in [0, 0.05) is 19.6 Å². The van der Waals surface area contributed by atoms with Gasteiger partial charge in [0.15, 0.2) is 6.61 Å². The van der Waals surface area contributed by atoms with Crippen LogP contribution < -0.4 is 10.1 Å². The maximum atomic E-state index is 11.8. The third kappa shape index (κ3) is 6.69. The fourth-order valence-corrected chi connectivity index (χ4v) is 2.50. The van der Waals surface area contributed by atoms with E-state index in [0.717, 1.165) is 37.9 Å². The lowest BCUT2D eigenvalue weighted by Gasteiger charge is -2.09. The zero-order valence-corrected chi connectivity index (χ0v) is 13.1. The van der Waals surface area contributed by atoms with Crippen LogP contribution in [0.25, 0.3) is 0 Å². The van der Waals surface area contributed by atoms with Gasteiger partial charge in [0.05, 0.1) is 6.10 Å². The van der Waals surface area contributed by atoms with Crippen LogP contribution in [0.4, 0.5) is 0 Å². The Balaban J connectivity index is 1.61. The second-order valence-electron chi connectivity index (χ2n) is 5.60. The first-order valence-corrected chi connectivity index (χ1v) is 7.95. The van der Waals surface area contributed by atoms with Crippen molar-refractivity contribution in [3.63, 3.8) is 0 Å². The van der Waals surface area contributed by atoms with Crippen LogP contribution in [-0.2, 0) is 20.7 Å². The number of amides is 1. The van der Waals surface area contributed by atoms with Crippen molar-refractivity contribution in [3.8, 4) is 5.75 Å². The molecule has 126 valence electrons. The highest BCUT2D eigenvalue weighted by molar-refractivity contribution is 5.75. The number of hydrogen-bond acceptors (Lipinski definition) is 4. The minimum absolute atomic E-state index is 0.0573. The van der Waals surface area contributed by atoms with Gasteiger partial charge in [0.2, 0.25) is 5.91 Å². The van der Waals surface area contributed by atoms with E-state index in [2.05, 4.69) is 5.32 Å². The Morgan fingerprint density at radius 3 is 2.74 bits per heavy atom. The fraction of sp³-hybridized carbons (Fsp3) is 0.529. The summed E-state index contributed by atoms with van der Waals surface area (Å²) in [6, 6.07) is 7.21. The first-order valence-electron chi connectivity index (χ1n) is 7.95. The highest BCUT2D eigenvalue weighted by Crippen LogP contribution is 2.16. The summed E-state index contributed by atoms with van der Waals surface area (Å²) in [6.45, 7) is 1.05. The van der Waals surface area contributed by atoms with Crippen LogP contribution in [0.15, 0.2) is 24.3 Å². The number of carbonyl (C=O) groups excluding carboxylic acids is 1. The van der Waals surface area contributed by atoms with Crippen molar-refractivity contribution in [2.24, 2.45) is 0 Å². The molecule has 0 radical (unpaired) electrons. The van der Waals surface area contributed by atoms with Crippen LogP contribution in [-0.4, -0.2) is 42.8 Å². The molecule has 2 N–H and O–H groups in total. The lowest BCUT2D eigenvalue weighted by Crippen LogP contribution is -2.26. The zero-order chi connectivity index (χ0) is 16.5. The van der Waals surface area contributed by atoms with Crippen molar-refractivity contribution in [1.29, 1.82) is 0 Å². The maximum absolute atomic E-state index is 11.8. The second-order valence-corrected chi connectivity index (χ2v) is 5.60. The van der Waals surface area contributed by atoms with Gasteiger partial charge in [-0.15, -0.1) is 0 Å². The van der Waals surface area contributed by atoms with Gasteiger partial charge in [-0.25, -0.2) is 4.79 Å². The quantitative estimate of drug-likeness (QED) is 0.724. The highest BCUT2D eigenvalue weighted by atomic mass is 16.5. The third-order valence-electron chi connectivity index (χ3n) is 3.74. The van der Waals surface area contributed by atoms with Crippen LogP contribution in [0, 0.1) is 0 Å². The van der Waals surface area contributed by atoms with Crippen LogP contribution in [0.3, 0.4) is 0 Å². The molecule has 1 aromatic rings. The van der Waals surface area contributed by atoms with E-state index >= 15 is 0 Å². The Morgan fingerprint density at radius 1 is 1.30 bits per heavy atom. The molecule has 1 atom stereocenters. The van der Waals surface area contributed by atoms with E-state index in [1.165, 1.54) is 0 Å². The number of rotatable bonds is 9. The molecule has 0 spiro atoms. The van der Waals surface area contributed by atoms with Gasteiger partial charge in [0.25, 0.3) is 0 Å². The maximum Gasteiger partial charge on any atom is 0.341 e. The number of carbonyl (C=O) groups is 2. The Bertz CT molecular complexity index is 508. The molecule has 0 aliphatic carbocycles. The molecule has 1 unspecified atom stereocenters. The average Bonchev–Trinajstić information content (AvgIpc) is 3.05. The summed E-state index contributed by atoms with van der Waals surface area (Å²) in [5.74, 6) is -0.418. The Kier molecular flexibility index (Phi) is 6.87. The number of ether oxygens (including phenoxy) is 2. The summed E-state index contributed by atoms with van der Waals surface area (Å²) in [5.41, 5.74) is 1.06. The number of nitrogens with one attached hydrogen (secondary N) is 1. The molecule has 6 heteroatoms. The minimum atomic E-state index is -1.00. The van der Waals surface area contributed by atoms with Gasteiger partial charge in [-0.3, -0.25) is 4.79 Å². The number of benzene rings is 1. The molecule has 0 aromatic heterocycles. The lowest BCUT2D eigenvalue weighted by molar-refractivity contribution is -0.139. The molecular weight excluding hydrogens is 298 g/mol. The Labute approximate surface area is 135 Å². The van der Waals surface area contributed by atoms with E-state index in [4.69, 9.17) is 14.6 Å². The van der Waals surface area contributed by atoms with E-state index in [0.29, 0.717) is 18.7 Å². The average molecular weight is 321 g/mol. The van der Waals surface area contributed by atoms with Crippen molar-refractivity contribution >= 4 is 11.9 Å². The summed E-state index contributed by atoms with van der Waals surface area (Å²) in [4.78, 5) is 22.2. The summed E-state index contributed by atoms with van der Waals surface area (Å²) in [5, 5.41) is 11.4. The first kappa shape index (κ1) is 17.3. The van der Waals surface area contributed by atoms with E-state index in [9.17, 15) is 9.59 Å². The molecule has 1 aliphatic heterocycles. The van der Waals surface area contributed by atoms with E-state index in [1.807, 2.05) is 12.1 Å². The molecule has 1 saturated heterocycles. The third-order valence-corrected chi connectivity index (χ3v) is 3.74. The van der Waals surface area contributed by atoms with E-state index in [1.54, 1.807) is 12.1 Å². The molecule has 1 fully saturated rings. The molecule has 1 aromatic carbocycles. The van der Waals surface area contributed by atoms with Gasteiger partial charge >= 0.3 is 5.97 Å². The summed E-state index contributed by atoms with van der Waals surface area (Å²) in [6.07, 6.45) is 4.43. The predicted octanol–water partition coefficient (Wildman–Crippen LogP) is 1.77. The van der Waals surface area contributed by atoms with Crippen molar-refractivity contribution in [3.05, 3.63) is 29.8 Å². The lowest BCUT2D eigenvalue weighted by atomic mass is 10.1. The molecule has 2 rings (SSSR count). The second kappa shape index (κ2) is 9.15. The molecular formula is C17H23NO5. The van der Waals surface area contributed by atoms with Gasteiger partial charge < -0.3 is 19.9 Å². The van der Waals surface area contributed by atoms with Crippen molar-refractivity contribution < 1.29 is 24.2 Å². The highest BCUT2D eigenvalue weighted by Gasteiger charge is 2.16.